The summed E-state index contributed by atoms with van der Waals surface area (Å²) in [6, 6.07) is 0. The van der Waals surface area contributed by atoms with Crippen molar-refractivity contribution >= 4 is 0 Å². The van der Waals surface area contributed by atoms with Crippen LogP contribution in [0.5, 0.6) is 0 Å². The molecule has 0 spiro atoms. The maximum atomic E-state index is 4.17. The standard InChI is InChI=1S/C13H25N3/c1-13(2,3)11-14-8-6-5-7-12-9-15-16(4)10-12/h9-10,14H,5-8,11H2,1-4H3. The molecular formula is C13H25N3. The first-order chi connectivity index (χ1) is 7.47. The molecular weight excluding hydrogens is 198 g/mol. The monoisotopic (exact) mass is 223 g/mol. The van der Waals surface area contributed by atoms with E-state index in [1.54, 1.807) is 0 Å². The average Bonchev–Trinajstić information content (AvgIpc) is 2.56. The molecule has 0 aliphatic carbocycles. The second kappa shape index (κ2) is 6.04. The van der Waals surface area contributed by atoms with Crippen LogP contribution in [-0.4, -0.2) is 22.9 Å². The molecule has 0 aliphatic rings. The molecule has 0 radical (unpaired) electrons. The molecule has 0 atom stereocenters. The minimum absolute atomic E-state index is 0.392. The van der Waals surface area contributed by atoms with Crippen molar-refractivity contribution in [2.75, 3.05) is 13.1 Å². The van der Waals surface area contributed by atoms with Gasteiger partial charge in [0.15, 0.2) is 0 Å². The van der Waals surface area contributed by atoms with Gasteiger partial charge in [-0.2, -0.15) is 5.10 Å². The summed E-state index contributed by atoms with van der Waals surface area (Å²) in [4.78, 5) is 0. The summed E-state index contributed by atoms with van der Waals surface area (Å²) in [5, 5.41) is 7.66. The summed E-state index contributed by atoms with van der Waals surface area (Å²) in [6.07, 6.45) is 7.68. The molecule has 0 fully saturated rings. The number of aromatic nitrogens is 2. The van der Waals surface area contributed by atoms with Crippen molar-refractivity contribution in [1.29, 1.82) is 0 Å². The minimum atomic E-state index is 0.392. The molecule has 0 unspecified atom stereocenters. The lowest BCUT2D eigenvalue weighted by Gasteiger charge is -2.18. The van der Waals surface area contributed by atoms with E-state index in [0.29, 0.717) is 5.41 Å². The Labute approximate surface area is 99.2 Å². The number of aryl methyl sites for hydroxylation is 2. The predicted molar refractivity (Wildman–Crippen MR) is 68.5 cm³/mol. The van der Waals surface area contributed by atoms with Crippen molar-refractivity contribution in [3.05, 3.63) is 18.0 Å². The van der Waals surface area contributed by atoms with Crippen molar-refractivity contribution in [3.8, 4) is 0 Å². The third-order valence-corrected chi connectivity index (χ3v) is 2.48. The molecule has 0 bridgehead atoms. The SMILES string of the molecule is Cn1cc(CCCCNCC(C)(C)C)cn1. The van der Waals surface area contributed by atoms with Crippen LogP contribution in [0.3, 0.4) is 0 Å². The Hall–Kier alpha value is -0.830. The lowest BCUT2D eigenvalue weighted by atomic mass is 9.97. The van der Waals surface area contributed by atoms with Gasteiger partial charge in [-0.05, 0) is 43.3 Å². The van der Waals surface area contributed by atoms with Crippen LogP contribution in [0.4, 0.5) is 0 Å². The highest BCUT2D eigenvalue weighted by atomic mass is 15.2. The van der Waals surface area contributed by atoms with Crippen LogP contribution in [0.15, 0.2) is 12.4 Å². The molecule has 3 heteroatoms. The van der Waals surface area contributed by atoms with Crippen molar-refractivity contribution < 1.29 is 0 Å². The van der Waals surface area contributed by atoms with Gasteiger partial charge in [-0.1, -0.05) is 20.8 Å². The molecule has 1 aromatic heterocycles. The average molecular weight is 223 g/mol. The lowest BCUT2D eigenvalue weighted by Crippen LogP contribution is -2.27. The highest BCUT2D eigenvalue weighted by Crippen LogP contribution is 2.10. The van der Waals surface area contributed by atoms with Crippen LogP contribution >= 0.6 is 0 Å². The first-order valence-corrected chi connectivity index (χ1v) is 6.16. The van der Waals surface area contributed by atoms with Gasteiger partial charge in [0.25, 0.3) is 0 Å². The minimum Gasteiger partial charge on any atom is -0.316 e. The number of unbranched alkanes of at least 4 members (excludes halogenated alkanes) is 1. The van der Waals surface area contributed by atoms with E-state index in [9.17, 15) is 0 Å². The zero-order chi connectivity index (χ0) is 12.0. The molecule has 16 heavy (non-hydrogen) atoms. The normalized spacial score (nSPS) is 12.0. The lowest BCUT2D eigenvalue weighted by molar-refractivity contribution is 0.378. The van der Waals surface area contributed by atoms with Gasteiger partial charge in [0.2, 0.25) is 0 Å². The number of rotatable bonds is 6. The molecule has 0 saturated heterocycles. The highest BCUT2D eigenvalue weighted by Gasteiger charge is 2.08. The Morgan fingerprint density at radius 3 is 2.62 bits per heavy atom. The molecule has 1 rings (SSSR count). The Morgan fingerprint density at radius 1 is 1.31 bits per heavy atom. The smallest absolute Gasteiger partial charge is 0.0521 e. The number of hydrogen-bond acceptors (Lipinski definition) is 2. The maximum Gasteiger partial charge on any atom is 0.0521 e. The molecule has 1 N–H and O–H groups in total. The second-order valence-electron chi connectivity index (χ2n) is 5.72. The Kier molecular flexibility index (Phi) is 5.00. The maximum absolute atomic E-state index is 4.17. The van der Waals surface area contributed by atoms with Crippen molar-refractivity contribution in [2.45, 2.75) is 40.0 Å². The summed E-state index contributed by atoms with van der Waals surface area (Å²) >= 11 is 0. The summed E-state index contributed by atoms with van der Waals surface area (Å²) in [7, 11) is 1.97. The summed E-state index contributed by atoms with van der Waals surface area (Å²) < 4.78 is 1.87. The van der Waals surface area contributed by atoms with E-state index in [2.05, 4.69) is 37.4 Å². The van der Waals surface area contributed by atoms with Crippen LogP contribution in [0.25, 0.3) is 0 Å². The fourth-order valence-electron chi connectivity index (χ4n) is 1.64. The van der Waals surface area contributed by atoms with E-state index in [4.69, 9.17) is 0 Å². The molecule has 1 heterocycles. The van der Waals surface area contributed by atoms with Gasteiger partial charge in [-0.25, -0.2) is 0 Å². The number of nitrogens with one attached hydrogen (secondary N) is 1. The predicted octanol–water partition coefficient (Wildman–Crippen LogP) is 2.38. The zero-order valence-electron chi connectivity index (χ0n) is 11.1. The van der Waals surface area contributed by atoms with Gasteiger partial charge in [-0.3, -0.25) is 4.68 Å². The van der Waals surface area contributed by atoms with Crippen LogP contribution in [0, 0.1) is 5.41 Å². The van der Waals surface area contributed by atoms with Gasteiger partial charge in [-0.15, -0.1) is 0 Å². The number of hydrogen-bond donors (Lipinski definition) is 1. The first-order valence-electron chi connectivity index (χ1n) is 6.16. The molecule has 92 valence electrons. The van der Waals surface area contributed by atoms with E-state index in [-0.39, 0.29) is 0 Å². The first kappa shape index (κ1) is 13.2. The number of nitrogens with zero attached hydrogens (tertiary/aromatic N) is 2. The fraction of sp³-hybridized carbons (Fsp3) is 0.769. The van der Waals surface area contributed by atoms with Gasteiger partial charge in [0, 0.05) is 13.2 Å². The van der Waals surface area contributed by atoms with E-state index in [1.807, 2.05) is 17.9 Å². The van der Waals surface area contributed by atoms with Crippen molar-refractivity contribution in [2.24, 2.45) is 12.5 Å². The third kappa shape index (κ3) is 5.91. The third-order valence-electron chi connectivity index (χ3n) is 2.48. The summed E-state index contributed by atoms with van der Waals surface area (Å²) in [6.45, 7) is 9.00. The Balaban J connectivity index is 2.00. The molecule has 0 aliphatic heterocycles. The highest BCUT2D eigenvalue weighted by molar-refractivity contribution is 5.03. The van der Waals surface area contributed by atoms with Crippen LogP contribution in [-0.2, 0) is 13.5 Å². The Bertz CT molecular complexity index is 296. The van der Waals surface area contributed by atoms with Gasteiger partial charge in [0.05, 0.1) is 6.20 Å². The quantitative estimate of drug-likeness (QED) is 0.750. The second-order valence-corrected chi connectivity index (χ2v) is 5.72. The molecule has 0 saturated carbocycles. The van der Waals surface area contributed by atoms with E-state index in [0.717, 1.165) is 19.5 Å². The van der Waals surface area contributed by atoms with Gasteiger partial charge < -0.3 is 5.32 Å². The zero-order valence-corrected chi connectivity index (χ0v) is 11.1. The van der Waals surface area contributed by atoms with Crippen molar-refractivity contribution in [1.82, 2.24) is 15.1 Å². The van der Waals surface area contributed by atoms with E-state index in [1.165, 1.54) is 18.4 Å². The van der Waals surface area contributed by atoms with Gasteiger partial charge in [0.1, 0.15) is 0 Å². The largest absolute Gasteiger partial charge is 0.316 e. The van der Waals surface area contributed by atoms with Gasteiger partial charge >= 0.3 is 0 Å². The summed E-state index contributed by atoms with van der Waals surface area (Å²) in [5.74, 6) is 0. The van der Waals surface area contributed by atoms with Crippen molar-refractivity contribution in [3.63, 3.8) is 0 Å². The van der Waals surface area contributed by atoms with Crippen LogP contribution in [0.1, 0.15) is 39.2 Å². The van der Waals surface area contributed by atoms with Crippen LogP contribution in [0.2, 0.25) is 0 Å². The molecule has 3 nitrogen and oxygen atoms in total. The summed E-state index contributed by atoms with van der Waals surface area (Å²) in [5.41, 5.74) is 1.74. The fourth-order valence-corrected chi connectivity index (χ4v) is 1.64. The topological polar surface area (TPSA) is 29.9 Å². The van der Waals surface area contributed by atoms with Crippen LogP contribution < -0.4 is 5.32 Å². The molecule has 0 amide bonds. The van der Waals surface area contributed by atoms with E-state index < -0.39 is 0 Å². The molecule has 0 aromatic carbocycles. The van der Waals surface area contributed by atoms with E-state index >= 15 is 0 Å². The molecule has 1 aromatic rings. The Morgan fingerprint density at radius 2 is 2.06 bits per heavy atom.